The molecule has 0 aliphatic carbocycles. The van der Waals surface area contributed by atoms with Gasteiger partial charge >= 0.3 is 0 Å². The summed E-state index contributed by atoms with van der Waals surface area (Å²) < 4.78 is 1.73. The van der Waals surface area contributed by atoms with Crippen LogP contribution >= 0.6 is 0 Å². The average molecular weight is 564 g/mol. The van der Waals surface area contributed by atoms with E-state index in [0.717, 1.165) is 47.2 Å². The van der Waals surface area contributed by atoms with Crippen LogP contribution in [0.15, 0.2) is 102 Å². The van der Waals surface area contributed by atoms with Crippen LogP contribution in [0, 0.1) is 6.92 Å². The second-order valence-electron chi connectivity index (χ2n) is 10.4. The van der Waals surface area contributed by atoms with Gasteiger partial charge < -0.3 is 36.3 Å². The van der Waals surface area contributed by atoms with E-state index < -0.39 is 6.04 Å². The number of fused-ring (bicyclic) bond motifs is 1. The summed E-state index contributed by atoms with van der Waals surface area (Å²) in [5, 5.41) is 20.6. The zero-order chi connectivity index (χ0) is 29.6. The molecule has 9 nitrogen and oxygen atoms in total. The molecule has 1 aliphatic heterocycles. The summed E-state index contributed by atoms with van der Waals surface area (Å²) in [5.41, 5.74) is 13.4. The van der Waals surface area contributed by atoms with Gasteiger partial charge in [0, 0.05) is 59.1 Å². The topological polar surface area (TPSA) is 132 Å². The van der Waals surface area contributed by atoms with Crippen molar-refractivity contribution in [2.24, 2.45) is 10.7 Å². The maximum atomic E-state index is 13.1. The van der Waals surface area contributed by atoms with Crippen molar-refractivity contribution in [3.63, 3.8) is 0 Å². The molecule has 1 amide bonds. The maximum absolute atomic E-state index is 13.1. The fourth-order valence-electron chi connectivity index (χ4n) is 5.10. The van der Waals surface area contributed by atoms with Gasteiger partial charge in [0.1, 0.15) is 11.7 Å². The Morgan fingerprint density at radius 3 is 2.86 bits per heavy atom. The Bertz CT molecular complexity index is 1710. The van der Waals surface area contributed by atoms with Crippen molar-refractivity contribution >= 4 is 33.9 Å². The zero-order valence-corrected chi connectivity index (χ0v) is 23.9. The van der Waals surface area contributed by atoms with Crippen molar-refractivity contribution in [2.45, 2.75) is 26.3 Å². The molecule has 2 aromatic heterocycles. The highest BCUT2D eigenvalue weighted by molar-refractivity contribution is 6.02. The van der Waals surface area contributed by atoms with Crippen LogP contribution in [0.25, 0.3) is 16.5 Å². The molecule has 3 heterocycles. The van der Waals surface area contributed by atoms with Gasteiger partial charge in [-0.25, -0.2) is 4.99 Å². The predicted molar refractivity (Wildman–Crippen MR) is 170 cm³/mol. The molecule has 9 heteroatoms. The van der Waals surface area contributed by atoms with E-state index in [1.807, 2.05) is 50.2 Å². The molecule has 1 atom stereocenters. The Hall–Kier alpha value is -4.86. The molecule has 5 rings (SSSR count). The number of H-pyrrole nitrogens is 1. The monoisotopic (exact) mass is 563 g/mol. The lowest BCUT2D eigenvalue weighted by atomic mass is 9.99. The van der Waals surface area contributed by atoms with E-state index in [0.29, 0.717) is 22.8 Å². The Labute approximate surface area is 245 Å². The Morgan fingerprint density at radius 2 is 2.12 bits per heavy atom. The van der Waals surface area contributed by atoms with E-state index in [-0.39, 0.29) is 12.5 Å². The molecule has 0 bridgehead atoms. The number of hydrogen-bond acceptors (Lipinski definition) is 6. The van der Waals surface area contributed by atoms with Gasteiger partial charge in [-0.1, -0.05) is 42.5 Å². The standard InChI is InChI=1S/C33H37N7O2/c1-21-5-4-6-25(15-21)31(20-41)39-33(42)26-11-14-40(19-26)32(22(2)17-34)38-23(3)37-27-7-8-30-28(16-27)29(18-36-30)24-9-12-35-13-10-24/h4-9,11,14-19,31,35-37,41H,3,10,12-13,20,34H2,1-2H3,(H,39,42)/b22-17-,38-32+. The second-order valence-corrected chi connectivity index (χ2v) is 10.4. The number of amides is 1. The number of aryl methyl sites for hydroxylation is 1. The molecule has 216 valence electrons. The van der Waals surface area contributed by atoms with E-state index >= 15 is 0 Å². The number of anilines is 1. The first kappa shape index (κ1) is 28.7. The summed E-state index contributed by atoms with van der Waals surface area (Å²) in [6.07, 6.45) is 10.2. The van der Waals surface area contributed by atoms with Crippen LogP contribution in [0.2, 0.25) is 0 Å². The third-order valence-electron chi connectivity index (χ3n) is 7.36. The van der Waals surface area contributed by atoms with Crippen molar-refractivity contribution in [1.29, 1.82) is 0 Å². The van der Waals surface area contributed by atoms with Crippen molar-refractivity contribution < 1.29 is 9.90 Å². The minimum Gasteiger partial charge on any atom is -0.404 e. The molecule has 0 saturated heterocycles. The number of aliphatic hydroxyl groups excluding tert-OH is 1. The van der Waals surface area contributed by atoms with Gasteiger partial charge in [-0.3, -0.25) is 4.79 Å². The van der Waals surface area contributed by atoms with E-state index in [9.17, 15) is 9.90 Å². The van der Waals surface area contributed by atoms with Crippen LogP contribution in [0.5, 0.6) is 0 Å². The predicted octanol–water partition coefficient (Wildman–Crippen LogP) is 4.81. The highest BCUT2D eigenvalue weighted by Gasteiger charge is 2.18. The molecular weight excluding hydrogens is 526 g/mol. The summed E-state index contributed by atoms with van der Waals surface area (Å²) in [6, 6.07) is 15.0. The molecule has 0 fully saturated rings. The summed E-state index contributed by atoms with van der Waals surface area (Å²) in [5.74, 6) is 0.636. The van der Waals surface area contributed by atoms with Crippen LogP contribution in [-0.2, 0) is 0 Å². The molecule has 0 saturated carbocycles. The lowest BCUT2D eigenvalue weighted by Crippen LogP contribution is -2.30. The van der Waals surface area contributed by atoms with Gasteiger partial charge in [-0.15, -0.1) is 0 Å². The SMILES string of the molecule is C=C(/N=C(\C(C)=C/N)n1ccc(C(=O)NC(CO)c2cccc(C)c2)c1)Nc1ccc2[nH]cc(C3=CCNCC3)c2c1. The zero-order valence-electron chi connectivity index (χ0n) is 23.9. The molecule has 0 spiro atoms. The molecule has 0 radical (unpaired) electrons. The van der Waals surface area contributed by atoms with Crippen LogP contribution in [0.3, 0.4) is 0 Å². The summed E-state index contributed by atoms with van der Waals surface area (Å²) >= 11 is 0. The van der Waals surface area contributed by atoms with Gasteiger partial charge in [0.25, 0.3) is 5.91 Å². The molecule has 4 aromatic rings. The molecule has 7 N–H and O–H groups in total. The number of aromatic amines is 1. The Morgan fingerprint density at radius 1 is 1.26 bits per heavy atom. The first-order chi connectivity index (χ1) is 20.4. The number of nitrogens with zero attached hydrogens (tertiary/aromatic N) is 2. The number of carbonyl (C=O) groups is 1. The van der Waals surface area contributed by atoms with Gasteiger partial charge in [0.05, 0.1) is 18.2 Å². The summed E-state index contributed by atoms with van der Waals surface area (Å²) in [6.45, 7) is 9.58. The smallest absolute Gasteiger partial charge is 0.253 e. The average Bonchev–Trinajstić information content (AvgIpc) is 3.66. The van der Waals surface area contributed by atoms with Gasteiger partial charge in [-0.2, -0.15) is 0 Å². The van der Waals surface area contributed by atoms with E-state index in [2.05, 4.69) is 45.9 Å². The number of carbonyl (C=O) groups excluding carboxylic acids is 1. The lowest BCUT2D eigenvalue weighted by molar-refractivity contribution is 0.0916. The van der Waals surface area contributed by atoms with Crippen LogP contribution in [0.4, 0.5) is 5.69 Å². The van der Waals surface area contributed by atoms with Crippen LogP contribution in [0.1, 0.15) is 46.4 Å². The number of benzene rings is 2. The number of aliphatic imine (C=N–C) groups is 1. The van der Waals surface area contributed by atoms with Gasteiger partial charge in [0.15, 0.2) is 0 Å². The van der Waals surface area contributed by atoms with Gasteiger partial charge in [-0.05, 0) is 62.2 Å². The van der Waals surface area contributed by atoms with Crippen LogP contribution < -0.4 is 21.7 Å². The first-order valence-electron chi connectivity index (χ1n) is 14.0. The fourth-order valence-corrected chi connectivity index (χ4v) is 5.10. The quantitative estimate of drug-likeness (QED) is 0.128. The normalized spacial score (nSPS) is 14.9. The number of nitrogens with two attached hydrogens (primary N) is 1. The molecule has 1 unspecified atom stereocenters. The largest absolute Gasteiger partial charge is 0.404 e. The number of allylic oxidation sites excluding steroid dienone is 1. The number of nitrogens with one attached hydrogen (secondary N) is 4. The van der Waals surface area contributed by atoms with Crippen LogP contribution in [-0.4, -0.2) is 46.1 Å². The number of rotatable bonds is 9. The van der Waals surface area contributed by atoms with Crippen molar-refractivity contribution in [2.75, 3.05) is 25.0 Å². The fraction of sp³-hybridized carbons (Fsp3) is 0.212. The Kier molecular flexibility index (Phi) is 8.71. The minimum atomic E-state index is -0.521. The second kappa shape index (κ2) is 12.8. The summed E-state index contributed by atoms with van der Waals surface area (Å²) in [4.78, 5) is 21.2. The van der Waals surface area contributed by atoms with E-state index in [4.69, 9.17) is 10.7 Å². The van der Waals surface area contributed by atoms with Crippen molar-refractivity contribution in [3.05, 3.63) is 120 Å². The highest BCUT2D eigenvalue weighted by atomic mass is 16.3. The van der Waals surface area contributed by atoms with Crippen molar-refractivity contribution in [1.82, 2.24) is 20.2 Å². The third kappa shape index (κ3) is 6.38. The number of aromatic nitrogens is 2. The Balaban J connectivity index is 1.34. The first-order valence-corrected chi connectivity index (χ1v) is 14.0. The summed E-state index contributed by atoms with van der Waals surface area (Å²) in [7, 11) is 0. The maximum Gasteiger partial charge on any atom is 0.253 e. The van der Waals surface area contributed by atoms with Gasteiger partial charge in [0.2, 0.25) is 0 Å². The number of aliphatic hydroxyl groups is 1. The molecule has 2 aromatic carbocycles. The highest BCUT2D eigenvalue weighted by Crippen LogP contribution is 2.30. The molecule has 1 aliphatic rings. The number of hydrogen-bond donors (Lipinski definition) is 6. The molecule has 42 heavy (non-hydrogen) atoms. The lowest BCUT2D eigenvalue weighted by Gasteiger charge is -2.17. The van der Waals surface area contributed by atoms with E-state index in [1.165, 1.54) is 17.3 Å². The van der Waals surface area contributed by atoms with E-state index in [1.54, 1.807) is 23.0 Å². The van der Waals surface area contributed by atoms with Crippen molar-refractivity contribution in [3.8, 4) is 0 Å². The molecular formula is C33H37N7O2. The third-order valence-corrected chi connectivity index (χ3v) is 7.36. The minimum absolute atomic E-state index is 0.214.